The third-order valence-corrected chi connectivity index (χ3v) is 2.65. The molecule has 16 heavy (non-hydrogen) atoms. The zero-order valence-electron chi connectivity index (χ0n) is 10.2. The number of hydrogen-bond acceptors (Lipinski definition) is 3. The summed E-state index contributed by atoms with van der Waals surface area (Å²) in [5.74, 6) is 1.38. The van der Waals surface area contributed by atoms with Gasteiger partial charge in [0.15, 0.2) is 5.75 Å². The maximum absolute atomic E-state index is 10.7. The lowest BCUT2D eigenvalue weighted by Crippen LogP contribution is -2.29. The van der Waals surface area contributed by atoms with Crippen molar-refractivity contribution < 1.29 is 14.0 Å². The predicted octanol–water partition coefficient (Wildman–Crippen LogP) is 3.11. The van der Waals surface area contributed by atoms with Crippen molar-refractivity contribution in [2.75, 3.05) is 6.61 Å². The molecular formula is C12H18O3Si. The molecule has 0 aliphatic rings. The lowest BCUT2D eigenvalue weighted by molar-refractivity contribution is 0.112. The highest BCUT2D eigenvalue weighted by molar-refractivity contribution is 6.70. The first-order valence-corrected chi connectivity index (χ1v) is 8.78. The summed E-state index contributed by atoms with van der Waals surface area (Å²) in [6, 6.07) is 5.25. The van der Waals surface area contributed by atoms with Gasteiger partial charge in [-0.1, -0.05) is 0 Å². The van der Waals surface area contributed by atoms with E-state index in [9.17, 15) is 4.79 Å². The normalized spacial score (nSPS) is 11.0. The second-order valence-corrected chi connectivity index (χ2v) is 8.90. The Balaban J connectivity index is 3.02. The van der Waals surface area contributed by atoms with Crippen molar-refractivity contribution in [2.24, 2.45) is 0 Å². The molecule has 1 aromatic rings. The van der Waals surface area contributed by atoms with Crippen LogP contribution in [0.1, 0.15) is 17.3 Å². The van der Waals surface area contributed by atoms with E-state index < -0.39 is 8.32 Å². The standard InChI is InChI=1S/C12H18O3Si/c1-5-14-12-8-10(9-13)6-7-11(12)15-16(2,3)4/h6-9H,5H2,1-4H3. The largest absolute Gasteiger partial charge is 0.542 e. The van der Waals surface area contributed by atoms with Gasteiger partial charge in [0.2, 0.25) is 8.32 Å². The third kappa shape index (κ3) is 3.70. The summed E-state index contributed by atoms with van der Waals surface area (Å²) in [6.45, 7) is 8.79. The van der Waals surface area contributed by atoms with E-state index in [0.29, 0.717) is 17.9 Å². The van der Waals surface area contributed by atoms with Gasteiger partial charge in [0, 0.05) is 5.56 Å². The van der Waals surface area contributed by atoms with Gasteiger partial charge in [-0.3, -0.25) is 4.79 Å². The monoisotopic (exact) mass is 238 g/mol. The Morgan fingerprint density at radius 2 is 1.94 bits per heavy atom. The molecule has 0 bridgehead atoms. The fourth-order valence-corrected chi connectivity index (χ4v) is 2.11. The number of carbonyl (C=O) groups excluding carboxylic acids is 1. The molecule has 1 rings (SSSR count). The van der Waals surface area contributed by atoms with Gasteiger partial charge in [0.05, 0.1) is 6.61 Å². The van der Waals surface area contributed by atoms with Crippen molar-refractivity contribution in [3.05, 3.63) is 23.8 Å². The second-order valence-electron chi connectivity index (χ2n) is 4.47. The molecule has 0 aliphatic heterocycles. The van der Waals surface area contributed by atoms with Crippen molar-refractivity contribution in [3.63, 3.8) is 0 Å². The molecule has 3 nitrogen and oxygen atoms in total. The average Bonchev–Trinajstić information content (AvgIpc) is 2.19. The summed E-state index contributed by atoms with van der Waals surface area (Å²) in [5.41, 5.74) is 0.603. The maximum Gasteiger partial charge on any atom is 0.242 e. The molecule has 0 heterocycles. The van der Waals surface area contributed by atoms with Crippen molar-refractivity contribution in [1.29, 1.82) is 0 Å². The Hall–Kier alpha value is -1.29. The number of ether oxygens (including phenoxy) is 1. The van der Waals surface area contributed by atoms with Crippen LogP contribution in [-0.2, 0) is 0 Å². The van der Waals surface area contributed by atoms with Crippen LogP contribution in [0.25, 0.3) is 0 Å². The summed E-state index contributed by atoms with van der Waals surface area (Å²) < 4.78 is 11.3. The van der Waals surface area contributed by atoms with E-state index >= 15 is 0 Å². The van der Waals surface area contributed by atoms with E-state index in [4.69, 9.17) is 9.16 Å². The van der Waals surface area contributed by atoms with Crippen LogP contribution < -0.4 is 9.16 Å². The summed E-state index contributed by atoms with van der Waals surface area (Å²) in [4.78, 5) is 10.7. The molecule has 0 N–H and O–H groups in total. The Bertz CT molecular complexity index is 369. The Labute approximate surface area is 97.5 Å². The van der Waals surface area contributed by atoms with Crippen LogP contribution in [0, 0.1) is 0 Å². The average molecular weight is 238 g/mol. The van der Waals surface area contributed by atoms with Gasteiger partial charge in [-0.2, -0.15) is 0 Å². The Morgan fingerprint density at radius 1 is 1.25 bits per heavy atom. The van der Waals surface area contributed by atoms with E-state index in [0.717, 1.165) is 12.0 Å². The highest BCUT2D eigenvalue weighted by Gasteiger charge is 2.18. The van der Waals surface area contributed by atoms with E-state index in [1.807, 2.05) is 6.92 Å². The first-order valence-electron chi connectivity index (χ1n) is 5.37. The summed E-state index contributed by atoms with van der Waals surface area (Å²) >= 11 is 0. The van der Waals surface area contributed by atoms with Crippen molar-refractivity contribution in [1.82, 2.24) is 0 Å². The molecule has 0 amide bonds. The van der Waals surface area contributed by atoms with Crippen LogP contribution >= 0.6 is 0 Å². The molecule has 0 aromatic heterocycles. The smallest absolute Gasteiger partial charge is 0.242 e. The van der Waals surface area contributed by atoms with Gasteiger partial charge in [0.25, 0.3) is 0 Å². The first-order chi connectivity index (χ1) is 7.46. The lowest BCUT2D eigenvalue weighted by Gasteiger charge is -2.21. The predicted molar refractivity (Wildman–Crippen MR) is 67.0 cm³/mol. The highest BCUT2D eigenvalue weighted by Crippen LogP contribution is 2.30. The molecule has 0 radical (unpaired) electrons. The molecule has 0 fully saturated rings. The number of hydrogen-bond donors (Lipinski definition) is 0. The van der Waals surface area contributed by atoms with Crippen LogP contribution in [-0.4, -0.2) is 21.2 Å². The van der Waals surface area contributed by atoms with Crippen LogP contribution in [0.2, 0.25) is 19.6 Å². The van der Waals surface area contributed by atoms with Crippen LogP contribution in [0.3, 0.4) is 0 Å². The fourth-order valence-electron chi connectivity index (χ4n) is 1.28. The first kappa shape index (κ1) is 12.8. The molecule has 0 saturated carbocycles. The Morgan fingerprint density at radius 3 is 2.44 bits per heavy atom. The minimum absolute atomic E-state index is 0.560. The molecule has 88 valence electrons. The minimum atomic E-state index is -1.65. The Kier molecular flexibility index (Phi) is 4.12. The fraction of sp³-hybridized carbons (Fsp3) is 0.417. The molecule has 0 unspecified atom stereocenters. The van der Waals surface area contributed by atoms with Crippen molar-refractivity contribution >= 4 is 14.6 Å². The lowest BCUT2D eigenvalue weighted by atomic mass is 10.2. The second kappa shape index (κ2) is 5.16. The molecule has 0 atom stereocenters. The molecule has 0 aliphatic carbocycles. The van der Waals surface area contributed by atoms with Gasteiger partial charge in [-0.05, 0) is 44.8 Å². The number of aldehydes is 1. The minimum Gasteiger partial charge on any atom is -0.542 e. The molecular weight excluding hydrogens is 220 g/mol. The SMILES string of the molecule is CCOc1cc(C=O)ccc1O[Si](C)(C)C. The molecule has 4 heteroatoms. The van der Waals surface area contributed by atoms with Gasteiger partial charge in [-0.25, -0.2) is 0 Å². The van der Waals surface area contributed by atoms with Gasteiger partial charge >= 0.3 is 0 Å². The summed E-state index contributed by atoms with van der Waals surface area (Å²) in [6.07, 6.45) is 0.806. The van der Waals surface area contributed by atoms with E-state index in [1.165, 1.54) is 0 Å². The molecule has 0 saturated heterocycles. The van der Waals surface area contributed by atoms with E-state index in [-0.39, 0.29) is 0 Å². The summed E-state index contributed by atoms with van der Waals surface area (Å²) in [7, 11) is -1.65. The van der Waals surface area contributed by atoms with Crippen molar-refractivity contribution in [3.8, 4) is 11.5 Å². The molecule has 1 aromatic carbocycles. The van der Waals surface area contributed by atoms with Crippen LogP contribution in [0.4, 0.5) is 0 Å². The van der Waals surface area contributed by atoms with Gasteiger partial charge in [0.1, 0.15) is 12.0 Å². The highest BCUT2D eigenvalue weighted by atomic mass is 28.4. The van der Waals surface area contributed by atoms with Gasteiger partial charge < -0.3 is 9.16 Å². The number of carbonyl (C=O) groups is 1. The topological polar surface area (TPSA) is 35.5 Å². The van der Waals surface area contributed by atoms with Crippen molar-refractivity contribution in [2.45, 2.75) is 26.6 Å². The third-order valence-electron chi connectivity index (χ3n) is 1.82. The van der Waals surface area contributed by atoms with Crippen LogP contribution in [0.5, 0.6) is 11.5 Å². The van der Waals surface area contributed by atoms with Gasteiger partial charge in [-0.15, -0.1) is 0 Å². The van der Waals surface area contributed by atoms with E-state index in [2.05, 4.69) is 19.6 Å². The quantitative estimate of drug-likeness (QED) is 0.584. The maximum atomic E-state index is 10.7. The summed E-state index contributed by atoms with van der Waals surface area (Å²) in [5, 5.41) is 0. The zero-order valence-corrected chi connectivity index (χ0v) is 11.2. The van der Waals surface area contributed by atoms with E-state index in [1.54, 1.807) is 18.2 Å². The molecule has 0 spiro atoms. The van der Waals surface area contributed by atoms with Crippen LogP contribution in [0.15, 0.2) is 18.2 Å². The zero-order chi connectivity index (χ0) is 12.2. The number of benzene rings is 1. The number of rotatable bonds is 5.